The molecule has 0 unspecified atom stereocenters. The SMILES string of the molecule is c1ccc(-c2ccc(N(c3ccc4c(ccc5oc(-c6ccccc6)nc54)c3)c3ccc4c5ccccc5n(-c5ccccc5)c4c3)cc2)cc1. The van der Waals surface area contributed by atoms with Crippen LogP contribution in [0.4, 0.5) is 17.1 Å². The van der Waals surface area contributed by atoms with Gasteiger partial charge >= 0.3 is 0 Å². The van der Waals surface area contributed by atoms with E-state index in [1.165, 1.54) is 27.4 Å². The summed E-state index contributed by atoms with van der Waals surface area (Å²) in [5.41, 5.74) is 11.7. The molecule has 0 saturated carbocycles. The first-order chi connectivity index (χ1) is 25.3. The normalized spacial score (nSPS) is 11.5. The lowest BCUT2D eigenvalue weighted by atomic mass is 10.0. The van der Waals surface area contributed by atoms with E-state index in [0.717, 1.165) is 55.7 Å². The van der Waals surface area contributed by atoms with Crippen molar-refractivity contribution < 1.29 is 4.42 Å². The molecule has 0 N–H and O–H groups in total. The molecule has 0 aliphatic carbocycles. The smallest absolute Gasteiger partial charge is 0.227 e. The van der Waals surface area contributed by atoms with E-state index >= 15 is 0 Å². The highest BCUT2D eigenvalue weighted by atomic mass is 16.3. The zero-order chi connectivity index (χ0) is 33.7. The maximum atomic E-state index is 6.22. The Morgan fingerprint density at radius 2 is 1.02 bits per heavy atom. The Kier molecular flexibility index (Phi) is 6.78. The lowest BCUT2D eigenvalue weighted by Gasteiger charge is -2.26. The third-order valence-corrected chi connectivity index (χ3v) is 9.80. The lowest BCUT2D eigenvalue weighted by Crippen LogP contribution is -2.10. The molecule has 2 aromatic heterocycles. The molecular weight excluding hydrogens is 623 g/mol. The number of hydrogen-bond acceptors (Lipinski definition) is 3. The van der Waals surface area contributed by atoms with Gasteiger partial charge in [-0.15, -0.1) is 0 Å². The first-order valence-corrected chi connectivity index (χ1v) is 17.2. The van der Waals surface area contributed by atoms with Gasteiger partial charge in [0.05, 0.1) is 11.0 Å². The van der Waals surface area contributed by atoms with Gasteiger partial charge in [0, 0.05) is 44.5 Å². The van der Waals surface area contributed by atoms with Crippen molar-refractivity contribution in [3.63, 3.8) is 0 Å². The second-order valence-corrected chi connectivity index (χ2v) is 12.8. The number of aromatic nitrogens is 2. The van der Waals surface area contributed by atoms with Crippen LogP contribution in [0.15, 0.2) is 192 Å². The quantitative estimate of drug-likeness (QED) is 0.179. The molecule has 0 atom stereocenters. The van der Waals surface area contributed by atoms with Crippen LogP contribution in [0, 0.1) is 0 Å². The van der Waals surface area contributed by atoms with E-state index in [-0.39, 0.29) is 0 Å². The summed E-state index contributed by atoms with van der Waals surface area (Å²) in [7, 11) is 0. The van der Waals surface area contributed by atoms with Crippen molar-refractivity contribution in [1.82, 2.24) is 9.55 Å². The Balaban J connectivity index is 1.16. The summed E-state index contributed by atoms with van der Waals surface area (Å²) >= 11 is 0. The Morgan fingerprint density at radius 1 is 0.431 bits per heavy atom. The molecule has 4 nitrogen and oxygen atoms in total. The minimum atomic E-state index is 0.629. The molecule has 0 fully saturated rings. The van der Waals surface area contributed by atoms with E-state index in [2.05, 4.69) is 161 Å². The highest BCUT2D eigenvalue weighted by molar-refractivity contribution is 6.11. The Hall–Kier alpha value is -6.91. The first-order valence-electron chi connectivity index (χ1n) is 17.2. The highest BCUT2D eigenvalue weighted by Crippen LogP contribution is 2.41. The Morgan fingerprint density at radius 3 is 1.78 bits per heavy atom. The van der Waals surface area contributed by atoms with Crippen LogP contribution < -0.4 is 4.90 Å². The van der Waals surface area contributed by atoms with Crippen LogP contribution in [0.2, 0.25) is 0 Å². The van der Waals surface area contributed by atoms with Crippen molar-refractivity contribution in [1.29, 1.82) is 0 Å². The third kappa shape index (κ3) is 4.96. The highest BCUT2D eigenvalue weighted by Gasteiger charge is 2.19. The van der Waals surface area contributed by atoms with Crippen LogP contribution in [0.25, 0.3) is 71.9 Å². The van der Waals surface area contributed by atoms with Crippen molar-refractivity contribution in [3.8, 4) is 28.3 Å². The van der Waals surface area contributed by atoms with Crippen LogP contribution in [0.5, 0.6) is 0 Å². The van der Waals surface area contributed by atoms with Gasteiger partial charge in [-0.1, -0.05) is 109 Å². The van der Waals surface area contributed by atoms with Crippen LogP contribution >= 0.6 is 0 Å². The molecule has 51 heavy (non-hydrogen) atoms. The predicted octanol–water partition coefficient (Wildman–Crippen LogP) is 12.9. The van der Waals surface area contributed by atoms with Crippen LogP contribution in [0.3, 0.4) is 0 Å². The van der Waals surface area contributed by atoms with E-state index in [4.69, 9.17) is 9.40 Å². The number of rotatable bonds is 6. The molecule has 2 heterocycles. The van der Waals surface area contributed by atoms with Gasteiger partial charge in [-0.25, -0.2) is 4.98 Å². The molecule has 0 aliphatic heterocycles. The molecule has 10 rings (SSSR count). The molecule has 240 valence electrons. The van der Waals surface area contributed by atoms with Crippen molar-refractivity contribution in [2.24, 2.45) is 0 Å². The fraction of sp³-hybridized carbons (Fsp3) is 0. The fourth-order valence-electron chi connectivity index (χ4n) is 7.38. The van der Waals surface area contributed by atoms with Gasteiger partial charge in [0.2, 0.25) is 5.89 Å². The van der Waals surface area contributed by atoms with Gasteiger partial charge in [0.25, 0.3) is 0 Å². The van der Waals surface area contributed by atoms with Gasteiger partial charge in [0.15, 0.2) is 5.58 Å². The molecule has 0 saturated heterocycles. The number of hydrogen-bond donors (Lipinski definition) is 0. The predicted molar refractivity (Wildman–Crippen MR) is 211 cm³/mol. The Labute approximate surface area is 295 Å². The molecule has 0 spiro atoms. The number of anilines is 3. The molecule has 0 amide bonds. The molecule has 10 aromatic rings. The number of nitrogens with zero attached hydrogens (tertiary/aromatic N) is 3. The zero-order valence-electron chi connectivity index (χ0n) is 27.6. The average molecular weight is 654 g/mol. The van der Waals surface area contributed by atoms with E-state index in [9.17, 15) is 0 Å². The van der Waals surface area contributed by atoms with E-state index in [0.29, 0.717) is 5.89 Å². The lowest BCUT2D eigenvalue weighted by molar-refractivity contribution is 0.620. The topological polar surface area (TPSA) is 34.2 Å². The second-order valence-electron chi connectivity index (χ2n) is 12.8. The van der Waals surface area contributed by atoms with Crippen LogP contribution in [-0.2, 0) is 0 Å². The molecule has 4 heteroatoms. The van der Waals surface area contributed by atoms with E-state index < -0.39 is 0 Å². The largest absolute Gasteiger partial charge is 0.436 e. The van der Waals surface area contributed by atoms with Crippen molar-refractivity contribution in [2.45, 2.75) is 0 Å². The Bertz CT molecular complexity index is 2840. The number of para-hydroxylation sites is 2. The summed E-state index contributed by atoms with van der Waals surface area (Å²) in [5, 5.41) is 4.61. The standard InChI is InChI=1S/C47H31N3O/c1-4-12-32(13-5-1)33-20-23-37(24-21-33)49(38-25-27-40-35(30-38)22-29-45-46(40)48-47(51-45)34-14-6-2-7-15-34)39-26-28-42-41-18-10-11-19-43(41)50(44(42)31-39)36-16-8-3-9-17-36/h1-31H. The van der Waals surface area contributed by atoms with Crippen molar-refractivity contribution in [3.05, 3.63) is 188 Å². The zero-order valence-corrected chi connectivity index (χ0v) is 27.6. The summed E-state index contributed by atoms with van der Waals surface area (Å²) in [6.45, 7) is 0. The number of oxazole rings is 1. The molecule has 0 radical (unpaired) electrons. The minimum absolute atomic E-state index is 0.629. The fourth-order valence-corrected chi connectivity index (χ4v) is 7.38. The van der Waals surface area contributed by atoms with Crippen LogP contribution in [-0.4, -0.2) is 9.55 Å². The van der Waals surface area contributed by atoms with Gasteiger partial charge < -0.3 is 13.9 Å². The van der Waals surface area contributed by atoms with E-state index in [1.54, 1.807) is 0 Å². The molecule has 0 aliphatic rings. The van der Waals surface area contributed by atoms with E-state index in [1.807, 2.05) is 36.4 Å². The summed E-state index contributed by atoms with van der Waals surface area (Å²) in [6, 6.07) is 66.4. The van der Waals surface area contributed by atoms with Gasteiger partial charge in [-0.2, -0.15) is 0 Å². The number of benzene rings is 8. The van der Waals surface area contributed by atoms with Gasteiger partial charge in [0.1, 0.15) is 5.52 Å². The minimum Gasteiger partial charge on any atom is -0.436 e. The maximum absolute atomic E-state index is 6.22. The summed E-state index contributed by atoms with van der Waals surface area (Å²) in [6.07, 6.45) is 0. The maximum Gasteiger partial charge on any atom is 0.227 e. The molecule has 8 aromatic carbocycles. The summed E-state index contributed by atoms with van der Waals surface area (Å²) in [5.74, 6) is 0.629. The monoisotopic (exact) mass is 653 g/mol. The van der Waals surface area contributed by atoms with Gasteiger partial charge in [-0.3, -0.25) is 0 Å². The van der Waals surface area contributed by atoms with Crippen molar-refractivity contribution >= 4 is 60.7 Å². The third-order valence-electron chi connectivity index (χ3n) is 9.80. The average Bonchev–Trinajstić information content (AvgIpc) is 3.79. The molecule has 0 bridgehead atoms. The summed E-state index contributed by atoms with van der Waals surface area (Å²) < 4.78 is 8.59. The summed E-state index contributed by atoms with van der Waals surface area (Å²) in [4.78, 5) is 7.30. The van der Waals surface area contributed by atoms with Crippen molar-refractivity contribution in [2.75, 3.05) is 4.90 Å². The second kappa shape index (κ2) is 11.9. The van der Waals surface area contributed by atoms with Gasteiger partial charge in [-0.05, 0) is 95.4 Å². The van der Waals surface area contributed by atoms with Crippen LogP contribution in [0.1, 0.15) is 0 Å². The molecular formula is C47H31N3O. The number of fused-ring (bicyclic) bond motifs is 6. The first kappa shape index (κ1) is 29.0.